The number of imidazole rings is 1. The van der Waals surface area contributed by atoms with Gasteiger partial charge < -0.3 is 10.6 Å². The largest absolute Gasteiger partial charge is 0.369 e. The van der Waals surface area contributed by atoms with Crippen LogP contribution in [0.3, 0.4) is 0 Å². The Labute approximate surface area is 122 Å². The van der Waals surface area contributed by atoms with Crippen molar-refractivity contribution in [2.75, 3.05) is 18.8 Å². The molecule has 0 saturated carbocycles. The Kier molecular flexibility index (Phi) is 3.30. The number of benzene rings is 1. The van der Waals surface area contributed by atoms with Gasteiger partial charge in [0.05, 0.1) is 16.1 Å². The molecule has 1 saturated heterocycles. The first-order chi connectivity index (χ1) is 9.59. The summed E-state index contributed by atoms with van der Waals surface area (Å²) in [6, 6.07) is 5.07. The van der Waals surface area contributed by atoms with Gasteiger partial charge in [0, 0.05) is 13.1 Å². The molecule has 5 nitrogen and oxygen atoms in total. The number of anilines is 1. The minimum absolute atomic E-state index is 0.0772. The van der Waals surface area contributed by atoms with Crippen molar-refractivity contribution in [2.45, 2.75) is 25.8 Å². The smallest absolute Gasteiger partial charge is 0.245 e. The van der Waals surface area contributed by atoms with Crippen molar-refractivity contribution in [1.82, 2.24) is 14.5 Å². The minimum Gasteiger partial charge on any atom is -0.369 e. The summed E-state index contributed by atoms with van der Waals surface area (Å²) in [5.41, 5.74) is 7.43. The summed E-state index contributed by atoms with van der Waals surface area (Å²) >= 11 is 6.24. The van der Waals surface area contributed by atoms with Gasteiger partial charge in [0.15, 0.2) is 0 Å². The van der Waals surface area contributed by atoms with Gasteiger partial charge in [-0.25, -0.2) is 4.98 Å². The van der Waals surface area contributed by atoms with Crippen LogP contribution in [-0.2, 0) is 4.79 Å². The molecular weight excluding hydrogens is 276 g/mol. The van der Waals surface area contributed by atoms with E-state index in [0.717, 1.165) is 37.0 Å². The molecule has 1 atom stereocenters. The van der Waals surface area contributed by atoms with Crippen LogP contribution in [0.15, 0.2) is 18.2 Å². The molecule has 1 aromatic heterocycles. The molecule has 2 N–H and O–H groups in total. The second kappa shape index (κ2) is 4.98. The lowest BCUT2D eigenvalue weighted by molar-refractivity contribution is -0.133. The number of hydrogen-bond acceptors (Lipinski definition) is 3. The molecule has 0 radical (unpaired) electrons. The molecule has 1 aliphatic heterocycles. The maximum Gasteiger partial charge on any atom is 0.245 e. The van der Waals surface area contributed by atoms with Crippen LogP contribution in [0, 0.1) is 0 Å². The maximum atomic E-state index is 12.5. The summed E-state index contributed by atoms with van der Waals surface area (Å²) < 4.78 is 1.73. The van der Waals surface area contributed by atoms with Gasteiger partial charge in [-0.15, -0.1) is 0 Å². The monoisotopic (exact) mass is 292 g/mol. The van der Waals surface area contributed by atoms with Crippen molar-refractivity contribution < 1.29 is 4.79 Å². The molecule has 1 unspecified atom stereocenters. The van der Waals surface area contributed by atoms with Crippen molar-refractivity contribution in [3.8, 4) is 0 Å². The molecule has 3 rings (SSSR count). The van der Waals surface area contributed by atoms with Gasteiger partial charge in [0.25, 0.3) is 0 Å². The minimum atomic E-state index is -0.391. The first kappa shape index (κ1) is 13.2. The van der Waals surface area contributed by atoms with E-state index in [0.29, 0.717) is 11.0 Å². The molecular formula is C14H17ClN4O. The molecule has 0 aliphatic carbocycles. The zero-order valence-corrected chi connectivity index (χ0v) is 12.1. The zero-order valence-electron chi connectivity index (χ0n) is 11.3. The van der Waals surface area contributed by atoms with Crippen LogP contribution >= 0.6 is 11.6 Å². The number of nitrogens with two attached hydrogens (primary N) is 1. The predicted molar refractivity (Wildman–Crippen MR) is 79.7 cm³/mol. The highest BCUT2D eigenvalue weighted by atomic mass is 35.5. The van der Waals surface area contributed by atoms with Gasteiger partial charge in [-0.2, -0.15) is 0 Å². The number of hydrogen-bond donors (Lipinski definition) is 1. The molecule has 6 heteroatoms. The Hall–Kier alpha value is -1.75. The molecule has 1 aromatic carbocycles. The second-order valence-electron chi connectivity index (χ2n) is 5.16. The summed E-state index contributed by atoms with van der Waals surface area (Å²) in [5, 5.41) is 0.563. The number of carbonyl (C=O) groups excluding carboxylic acids is 1. The molecule has 1 fully saturated rings. The predicted octanol–water partition coefficient (Wildman–Crippen LogP) is 2.46. The number of para-hydroxylation sites is 1. The molecule has 2 heterocycles. The van der Waals surface area contributed by atoms with E-state index in [2.05, 4.69) is 4.98 Å². The SMILES string of the molecule is CC(C(=O)N1CCCC1)n1c(N)nc2cccc(Cl)c21. The number of aromatic nitrogens is 2. The lowest BCUT2D eigenvalue weighted by Crippen LogP contribution is -2.34. The van der Waals surface area contributed by atoms with Crippen LogP contribution in [0.4, 0.5) is 5.95 Å². The highest BCUT2D eigenvalue weighted by Crippen LogP contribution is 2.30. The zero-order chi connectivity index (χ0) is 14.3. The third-order valence-corrected chi connectivity index (χ3v) is 4.16. The van der Waals surface area contributed by atoms with Gasteiger partial charge >= 0.3 is 0 Å². The van der Waals surface area contributed by atoms with E-state index in [1.165, 1.54) is 0 Å². The average molecular weight is 293 g/mol. The van der Waals surface area contributed by atoms with E-state index >= 15 is 0 Å². The van der Waals surface area contributed by atoms with Crippen molar-refractivity contribution in [3.63, 3.8) is 0 Å². The fourth-order valence-corrected chi connectivity index (χ4v) is 3.09. The number of fused-ring (bicyclic) bond motifs is 1. The van der Waals surface area contributed by atoms with Crippen LogP contribution in [0.1, 0.15) is 25.8 Å². The van der Waals surface area contributed by atoms with Gasteiger partial charge in [-0.1, -0.05) is 17.7 Å². The molecule has 2 aromatic rings. The molecule has 106 valence electrons. The fraction of sp³-hybridized carbons (Fsp3) is 0.429. The second-order valence-corrected chi connectivity index (χ2v) is 5.56. The maximum absolute atomic E-state index is 12.5. The van der Waals surface area contributed by atoms with Crippen LogP contribution in [0.25, 0.3) is 11.0 Å². The Morgan fingerprint density at radius 2 is 2.10 bits per heavy atom. The molecule has 0 spiro atoms. The van der Waals surface area contributed by atoms with Gasteiger partial charge in [-0.05, 0) is 31.9 Å². The number of likely N-dealkylation sites (tertiary alicyclic amines) is 1. The van der Waals surface area contributed by atoms with Gasteiger partial charge in [0.1, 0.15) is 6.04 Å². The normalized spacial score (nSPS) is 16.8. The Morgan fingerprint density at radius 3 is 2.80 bits per heavy atom. The fourth-order valence-electron chi connectivity index (χ4n) is 2.83. The molecule has 0 bridgehead atoms. The first-order valence-electron chi connectivity index (χ1n) is 6.80. The van der Waals surface area contributed by atoms with Crippen molar-refractivity contribution in [2.24, 2.45) is 0 Å². The van der Waals surface area contributed by atoms with E-state index in [1.54, 1.807) is 10.6 Å². The molecule has 1 amide bonds. The lowest BCUT2D eigenvalue weighted by atomic mass is 10.2. The van der Waals surface area contributed by atoms with Crippen molar-refractivity contribution in [1.29, 1.82) is 0 Å². The van der Waals surface area contributed by atoms with Crippen molar-refractivity contribution in [3.05, 3.63) is 23.2 Å². The highest BCUT2D eigenvalue weighted by Gasteiger charge is 2.27. The third kappa shape index (κ3) is 2.02. The van der Waals surface area contributed by atoms with Crippen LogP contribution < -0.4 is 5.73 Å². The topological polar surface area (TPSA) is 64.2 Å². The summed E-state index contributed by atoms with van der Waals surface area (Å²) in [5.74, 6) is 0.404. The summed E-state index contributed by atoms with van der Waals surface area (Å²) in [7, 11) is 0. The van der Waals surface area contributed by atoms with Crippen LogP contribution in [0.2, 0.25) is 5.02 Å². The van der Waals surface area contributed by atoms with E-state index in [1.807, 2.05) is 24.0 Å². The first-order valence-corrected chi connectivity index (χ1v) is 7.18. The van der Waals surface area contributed by atoms with E-state index in [9.17, 15) is 4.79 Å². The number of nitrogens with zero attached hydrogens (tertiary/aromatic N) is 3. The number of halogens is 1. The quantitative estimate of drug-likeness (QED) is 0.925. The molecule has 20 heavy (non-hydrogen) atoms. The van der Waals surface area contributed by atoms with Crippen LogP contribution in [-0.4, -0.2) is 33.4 Å². The number of rotatable bonds is 2. The third-order valence-electron chi connectivity index (χ3n) is 3.85. The van der Waals surface area contributed by atoms with E-state index < -0.39 is 6.04 Å². The standard InChI is InChI=1S/C14H17ClN4O/c1-9(13(20)18-7-2-3-8-18)19-12-10(15)5-4-6-11(12)17-14(19)16/h4-6,9H,2-3,7-8H2,1H3,(H2,16,17). The summed E-state index contributed by atoms with van der Waals surface area (Å²) in [6.45, 7) is 3.49. The average Bonchev–Trinajstić information content (AvgIpc) is 3.04. The number of amides is 1. The Balaban J connectivity index is 2.04. The van der Waals surface area contributed by atoms with Gasteiger partial charge in [0.2, 0.25) is 11.9 Å². The number of nitrogen functional groups attached to an aromatic ring is 1. The lowest BCUT2D eigenvalue weighted by Gasteiger charge is -2.22. The Morgan fingerprint density at radius 1 is 1.40 bits per heavy atom. The Bertz CT molecular complexity index is 660. The highest BCUT2D eigenvalue weighted by molar-refractivity contribution is 6.35. The van der Waals surface area contributed by atoms with Gasteiger partial charge in [-0.3, -0.25) is 9.36 Å². The number of carbonyl (C=O) groups is 1. The summed E-state index contributed by atoms with van der Waals surface area (Å²) in [6.07, 6.45) is 2.14. The van der Waals surface area contributed by atoms with Crippen molar-refractivity contribution >= 4 is 34.5 Å². The van der Waals surface area contributed by atoms with E-state index in [-0.39, 0.29) is 5.91 Å². The van der Waals surface area contributed by atoms with E-state index in [4.69, 9.17) is 17.3 Å². The molecule has 1 aliphatic rings. The summed E-state index contributed by atoms with van der Waals surface area (Å²) in [4.78, 5) is 18.7. The van der Waals surface area contributed by atoms with Crippen LogP contribution in [0.5, 0.6) is 0 Å².